The second kappa shape index (κ2) is 10.1. The second-order valence-electron chi connectivity index (χ2n) is 6.76. The zero-order valence-electron chi connectivity index (χ0n) is 14.9. The predicted molar refractivity (Wildman–Crippen MR) is 88.9 cm³/mol. The minimum Gasteiger partial charge on any atom is -1.00 e. The quantitative estimate of drug-likeness (QED) is 0.651. The second-order valence-corrected chi connectivity index (χ2v) is 6.76. The van der Waals surface area contributed by atoms with E-state index < -0.39 is 0 Å². The molecule has 2 rings (SSSR count). The third-order valence-electron chi connectivity index (χ3n) is 3.97. The molecule has 1 radical (unpaired) electrons. The molecule has 0 bridgehead atoms. The molecule has 1 aliphatic carbocycles. The van der Waals surface area contributed by atoms with E-state index in [1.165, 1.54) is 27.8 Å². The van der Waals surface area contributed by atoms with Crippen LogP contribution in [0.1, 0.15) is 65.1 Å². The largest absolute Gasteiger partial charge is 3.00 e. The summed E-state index contributed by atoms with van der Waals surface area (Å²) in [4.78, 5) is 0. The smallest absolute Gasteiger partial charge is 1.00 e. The van der Waals surface area contributed by atoms with Crippen LogP contribution in [0, 0.1) is 0 Å². The third kappa shape index (κ3) is 6.40. The van der Waals surface area contributed by atoms with E-state index in [4.69, 9.17) is 5.32 Å². The standard InChI is InChI=1S/C19H26N.2ClH.Ti/c1-13-11-12-16(14(13)2)18-10-8-7-9-17(18)15(3)20-19(4,5)6;;;/h7-11,15H,12H2,1-6H3;2*1H;/q-1;;;+3/p-2. The van der Waals surface area contributed by atoms with E-state index in [0.717, 1.165) is 6.42 Å². The molecule has 1 aromatic carbocycles. The van der Waals surface area contributed by atoms with Crippen molar-refractivity contribution < 1.29 is 46.5 Å². The van der Waals surface area contributed by atoms with E-state index in [9.17, 15) is 0 Å². The van der Waals surface area contributed by atoms with Gasteiger partial charge < -0.3 is 30.1 Å². The Bertz CT molecular complexity index is 571. The molecular formula is C19H26Cl2NTi. The Morgan fingerprint density at radius 3 is 2.09 bits per heavy atom. The number of allylic oxidation sites excluding steroid dienone is 4. The van der Waals surface area contributed by atoms with Crippen LogP contribution in [0.15, 0.2) is 41.5 Å². The summed E-state index contributed by atoms with van der Waals surface area (Å²) in [5.41, 5.74) is 7.03. The summed E-state index contributed by atoms with van der Waals surface area (Å²) in [6, 6.07) is 8.96. The molecule has 23 heavy (non-hydrogen) atoms. The zero-order chi connectivity index (χ0) is 14.9. The van der Waals surface area contributed by atoms with Crippen LogP contribution >= 0.6 is 0 Å². The topological polar surface area (TPSA) is 14.1 Å². The zero-order valence-corrected chi connectivity index (χ0v) is 17.9. The van der Waals surface area contributed by atoms with Gasteiger partial charge in [0.1, 0.15) is 0 Å². The Morgan fingerprint density at radius 2 is 1.61 bits per heavy atom. The van der Waals surface area contributed by atoms with Crippen LogP contribution in [0.25, 0.3) is 10.9 Å². The summed E-state index contributed by atoms with van der Waals surface area (Å²) < 4.78 is 0. The Balaban J connectivity index is 0. The van der Waals surface area contributed by atoms with Gasteiger partial charge in [-0.25, -0.2) is 0 Å². The molecule has 0 amide bonds. The van der Waals surface area contributed by atoms with Crippen LogP contribution < -0.4 is 24.8 Å². The Morgan fingerprint density at radius 1 is 1.04 bits per heavy atom. The van der Waals surface area contributed by atoms with Gasteiger partial charge in [-0.3, -0.25) is 0 Å². The maximum atomic E-state index is 4.92. The minimum atomic E-state index is -0.000202. The molecule has 1 aromatic rings. The van der Waals surface area contributed by atoms with E-state index in [2.05, 4.69) is 71.9 Å². The fraction of sp³-hybridized carbons (Fsp3) is 0.474. The van der Waals surface area contributed by atoms with Crippen LogP contribution in [-0.4, -0.2) is 5.54 Å². The number of nitrogens with zero attached hydrogens (tertiary/aromatic N) is 1. The van der Waals surface area contributed by atoms with Crippen molar-refractivity contribution in [2.24, 2.45) is 0 Å². The molecule has 4 heteroatoms. The van der Waals surface area contributed by atoms with Gasteiger partial charge in [0.2, 0.25) is 0 Å². The fourth-order valence-electron chi connectivity index (χ4n) is 2.90. The van der Waals surface area contributed by atoms with Crippen LogP contribution in [0.5, 0.6) is 0 Å². The molecule has 1 nitrogen and oxygen atoms in total. The molecule has 0 aliphatic heterocycles. The molecule has 1 unspecified atom stereocenters. The van der Waals surface area contributed by atoms with E-state index in [0.29, 0.717) is 0 Å². The van der Waals surface area contributed by atoms with Gasteiger partial charge in [0.05, 0.1) is 0 Å². The summed E-state index contributed by atoms with van der Waals surface area (Å²) in [6.45, 7) is 13.1. The van der Waals surface area contributed by atoms with E-state index in [1.807, 2.05) is 0 Å². The van der Waals surface area contributed by atoms with Gasteiger partial charge in [-0.2, -0.15) is 0 Å². The molecule has 0 heterocycles. The summed E-state index contributed by atoms with van der Waals surface area (Å²) in [7, 11) is 0. The van der Waals surface area contributed by atoms with Gasteiger partial charge in [0.25, 0.3) is 0 Å². The van der Waals surface area contributed by atoms with Crippen molar-refractivity contribution in [2.75, 3.05) is 0 Å². The van der Waals surface area contributed by atoms with Gasteiger partial charge in [0, 0.05) is 0 Å². The summed E-state index contributed by atoms with van der Waals surface area (Å²) in [5, 5.41) is 4.92. The average Bonchev–Trinajstić information content (AvgIpc) is 2.68. The van der Waals surface area contributed by atoms with E-state index in [-0.39, 0.29) is 58.1 Å². The van der Waals surface area contributed by atoms with Crippen LogP contribution in [0.3, 0.4) is 0 Å². The maximum absolute atomic E-state index is 4.92. The monoisotopic (exact) mass is 386 g/mol. The molecule has 0 spiro atoms. The number of rotatable bonds is 3. The normalized spacial score (nSPS) is 15.1. The van der Waals surface area contributed by atoms with Gasteiger partial charge in [-0.15, -0.1) is 11.6 Å². The number of benzene rings is 1. The van der Waals surface area contributed by atoms with Crippen LogP contribution in [0.2, 0.25) is 0 Å². The molecule has 0 aromatic heterocycles. The molecule has 0 saturated carbocycles. The SMILES string of the molecule is CC1=CCC(c2ccccc2C(C)[N-]C(C)(C)C)=C1C.[Cl-].[Cl-].[Ti+3]. The Kier molecular flexibility index (Phi) is 11.0. The number of hydrogen-bond acceptors (Lipinski definition) is 0. The molecule has 1 aliphatic rings. The minimum absolute atomic E-state index is 0. The first-order chi connectivity index (χ1) is 9.29. The third-order valence-corrected chi connectivity index (χ3v) is 3.97. The predicted octanol–water partition coefficient (Wildman–Crippen LogP) is 0.0488. The van der Waals surface area contributed by atoms with Crippen molar-refractivity contribution >= 4 is 5.57 Å². The Labute approximate surface area is 169 Å². The Hall–Kier alpha value is -0.0457. The maximum Gasteiger partial charge on any atom is 3.00 e. The van der Waals surface area contributed by atoms with Gasteiger partial charge >= 0.3 is 21.7 Å². The van der Waals surface area contributed by atoms with Gasteiger partial charge in [-0.1, -0.05) is 69.2 Å². The first kappa shape index (κ1) is 25.2. The van der Waals surface area contributed by atoms with Gasteiger partial charge in [0.15, 0.2) is 0 Å². The molecule has 0 N–H and O–H groups in total. The van der Waals surface area contributed by atoms with Crippen LogP contribution in [0.4, 0.5) is 0 Å². The summed E-state index contributed by atoms with van der Waals surface area (Å²) in [5.74, 6) is 0. The van der Waals surface area contributed by atoms with Crippen molar-refractivity contribution in [3.63, 3.8) is 0 Å². The summed E-state index contributed by atoms with van der Waals surface area (Å²) in [6.07, 6.45) is 3.38. The number of halogens is 2. The van der Waals surface area contributed by atoms with Crippen molar-refractivity contribution in [2.45, 2.75) is 59.5 Å². The van der Waals surface area contributed by atoms with Crippen molar-refractivity contribution in [1.29, 1.82) is 0 Å². The van der Waals surface area contributed by atoms with Gasteiger partial charge in [-0.05, 0) is 37.0 Å². The van der Waals surface area contributed by atoms with Crippen molar-refractivity contribution in [1.82, 2.24) is 0 Å². The molecule has 0 fully saturated rings. The molecule has 125 valence electrons. The van der Waals surface area contributed by atoms with Crippen molar-refractivity contribution in [3.05, 3.63) is 57.9 Å². The first-order valence-corrected chi connectivity index (χ1v) is 7.48. The average molecular weight is 387 g/mol. The molecule has 1 atom stereocenters. The summed E-state index contributed by atoms with van der Waals surface area (Å²) >= 11 is 0. The molecule has 0 saturated heterocycles. The first-order valence-electron chi connectivity index (χ1n) is 7.48. The van der Waals surface area contributed by atoms with Crippen LogP contribution in [-0.2, 0) is 21.7 Å². The van der Waals surface area contributed by atoms with E-state index in [1.54, 1.807) is 0 Å². The number of hydrogen-bond donors (Lipinski definition) is 0. The van der Waals surface area contributed by atoms with Crippen molar-refractivity contribution in [3.8, 4) is 0 Å². The molecular weight excluding hydrogens is 361 g/mol. The fourth-order valence-corrected chi connectivity index (χ4v) is 2.90. The van der Waals surface area contributed by atoms with E-state index >= 15 is 0 Å².